The van der Waals surface area contributed by atoms with Crippen LogP contribution in [0.15, 0.2) is 42.9 Å². The predicted molar refractivity (Wildman–Crippen MR) is 66.2 cm³/mol. The van der Waals surface area contributed by atoms with Crippen LogP contribution >= 0.6 is 0 Å². The zero-order chi connectivity index (χ0) is 13.7. The minimum atomic E-state index is -0.551. The number of hydrogen-bond acceptors (Lipinski definition) is 6. The number of hydrogen-bond donors (Lipinski definition) is 2. The molecule has 2 N–H and O–H groups in total. The molecule has 0 aromatic carbocycles. The van der Waals surface area contributed by atoms with Crippen LogP contribution in [0.2, 0.25) is 0 Å². The van der Waals surface area contributed by atoms with Crippen LogP contribution in [0.1, 0.15) is 10.4 Å². The fourth-order valence-corrected chi connectivity index (χ4v) is 1.26. The number of nitro groups is 1. The topological polar surface area (TPSA) is 110 Å². The van der Waals surface area contributed by atoms with E-state index in [1.165, 1.54) is 18.3 Å². The molecule has 0 fully saturated rings. The number of nitrogens with one attached hydrogen (secondary N) is 2. The summed E-state index contributed by atoms with van der Waals surface area (Å²) in [6, 6.07) is 5.92. The van der Waals surface area contributed by atoms with E-state index in [9.17, 15) is 14.9 Å². The van der Waals surface area contributed by atoms with Crippen LogP contribution in [0.5, 0.6) is 0 Å². The van der Waals surface area contributed by atoms with E-state index in [0.717, 1.165) is 6.20 Å². The van der Waals surface area contributed by atoms with Crippen molar-refractivity contribution in [3.05, 3.63) is 58.5 Å². The van der Waals surface area contributed by atoms with E-state index >= 15 is 0 Å². The third kappa shape index (κ3) is 3.22. The van der Waals surface area contributed by atoms with Gasteiger partial charge in [0.2, 0.25) is 0 Å². The number of carbonyl (C=O) groups is 1. The van der Waals surface area contributed by atoms with E-state index in [2.05, 4.69) is 20.8 Å². The first-order valence-electron chi connectivity index (χ1n) is 5.23. The summed E-state index contributed by atoms with van der Waals surface area (Å²) in [7, 11) is 0. The van der Waals surface area contributed by atoms with Crippen molar-refractivity contribution >= 4 is 17.4 Å². The number of pyridine rings is 2. The highest BCUT2D eigenvalue weighted by Gasteiger charge is 2.07. The normalized spacial score (nSPS) is 9.68. The fourth-order valence-electron chi connectivity index (χ4n) is 1.26. The van der Waals surface area contributed by atoms with Gasteiger partial charge < -0.3 is 0 Å². The number of carbonyl (C=O) groups excluding carboxylic acids is 1. The molecule has 2 rings (SSSR count). The number of amides is 1. The Morgan fingerprint density at radius 1 is 1.26 bits per heavy atom. The third-order valence-corrected chi connectivity index (χ3v) is 2.19. The maximum Gasteiger partial charge on any atom is 0.287 e. The zero-order valence-electron chi connectivity index (χ0n) is 9.61. The Balaban J connectivity index is 1.95. The minimum absolute atomic E-state index is 0.121. The van der Waals surface area contributed by atoms with Gasteiger partial charge in [0.25, 0.3) is 11.6 Å². The number of anilines is 1. The number of nitrogens with zero attached hydrogens (tertiary/aromatic N) is 3. The fraction of sp³-hybridized carbons (Fsp3) is 0. The summed E-state index contributed by atoms with van der Waals surface area (Å²) >= 11 is 0. The molecule has 0 aliphatic rings. The van der Waals surface area contributed by atoms with Gasteiger partial charge in [-0.05, 0) is 18.2 Å². The first kappa shape index (κ1) is 12.4. The molecule has 2 aromatic heterocycles. The van der Waals surface area contributed by atoms with Crippen LogP contribution in [0, 0.1) is 10.1 Å². The van der Waals surface area contributed by atoms with E-state index in [1.54, 1.807) is 18.3 Å². The van der Waals surface area contributed by atoms with Gasteiger partial charge in [-0.15, -0.1) is 0 Å². The van der Waals surface area contributed by atoms with E-state index in [0.29, 0.717) is 11.4 Å². The van der Waals surface area contributed by atoms with Crippen molar-refractivity contribution in [1.29, 1.82) is 0 Å². The van der Waals surface area contributed by atoms with Crippen molar-refractivity contribution in [3.8, 4) is 0 Å². The van der Waals surface area contributed by atoms with E-state index < -0.39 is 4.92 Å². The molecule has 2 aromatic rings. The summed E-state index contributed by atoms with van der Waals surface area (Å²) in [5, 5.41) is 10.4. The molecule has 0 bridgehead atoms. The molecular formula is C11H9N5O3. The average Bonchev–Trinajstić information content (AvgIpc) is 2.46. The molecule has 1 amide bonds. The zero-order valence-corrected chi connectivity index (χ0v) is 9.61. The van der Waals surface area contributed by atoms with Gasteiger partial charge in [-0.25, -0.2) is 4.98 Å². The second-order valence-electron chi connectivity index (χ2n) is 3.48. The Morgan fingerprint density at radius 2 is 2.11 bits per heavy atom. The second kappa shape index (κ2) is 5.54. The summed E-state index contributed by atoms with van der Waals surface area (Å²) in [6.07, 6.45) is 4.07. The smallest absolute Gasteiger partial charge is 0.282 e. The molecule has 8 heteroatoms. The quantitative estimate of drug-likeness (QED) is 0.629. The standard InChI is InChI=1S/C11H9N5O3/c17-11(8-2-1-5-12-6-8)15-14-10-4-3-9(7-13-10)16(18)19/h1-7H,(H,13,14)(H,15,17). The van der Waals surface area contributed by atoms with Gasteiger partial charge in [-0.2, -0.15) is 0 Å². The molecule has 0 unspecified atom stereocenters. The van der Waals surface area contributed by atoms with Crippen LogP contribution in [0.25, 0.3) is 0 Å². The summed E-state index contributed by atoms with van der Waals surface area (Å²) in [6.45, 7) is 0. The molecule has 0 atom stereocenters. The lowest BCUT2D eigenvalue weighted by Crippen LogP contribution is -2.29. The van der Waals surface area contributed by atoms with Gasteiger partial charge in [-0.1, -0.05) is 0 Å². The van der Waals surface area contributed by atoms with Crippen LogP contribution in [-0.2, 0) is 0 Å². The van der Waals surface area contributed by atoms with Gasteiger partial charge in [0.15, 0.2) is 0 Å². The molecule has 19 heavy (non-hydrogen) atoms. The molecule has 0 radical (unpaired) electrons. The molecule has 2 heterocycles. The van der Waals surface area contributed by atoms with E-state index in [-0.39, 0.29) is 11.6 Å². The van der Waals surface area contributed by atoms with Gasteiger partial charge in [-0.3, -0.25) is 30.7 Å². The Kier molecular flexibility index (Phi) is 3.62. The average molecular weight is 259 g/mol. The second-order valence-corrected chi connectivity index (χ2v) is 3.48. The van der Waals surface area contributed by atoms with Gasteiger partial charge >= 0.3 is 0 Å². The molecule has 0 aliphatic heterocycles. The Bertz CT molecular complexity index is 585. The van der Waals surface area contributed by atoms with Crippen molar-refractivity contribution in [1.82, 2.24) is 15.4 Å². The van der Waals surface area contributed by atoms with Crippen molar-refractivity contribution in [2.24, 2.45) is 0 Å². The van der Waals surface area contributed by atoms with Crippen LogP contribution in [0.3, 0.4) is 0 Å². The predicted octanol–water partition coefficient (Wildman–Crippen LogP) is 1.14. The monoisotopic (exact) mass is 259 g/mol. The SMILES string of the molecule is O=C(NNc1ccc([N+](=O)[O-])cn1)c1cccnc1. The largest absolute Gasteiger partial charge is 0.287 e. The molecule has 0 aliphatic carbocycles. The summed E-state index contributed by atoms with van der Waals surface area (Å²) in [5.41, 5.74) is 5.22. The molecule has 8 nitrogen and oxygen atoms in total. The van der Waals surface area contributed by atoms with Gasteiger partial charge in [0.05, 0.1) is 10.5 Å². The Labute approximate surface area is 107 Å². The molecule has 0 saturated carbocycles. The number of aromatic nitrogens is 2. The molecule has 0 saturated heterocycles. The first-order chi connectivity index (χ1) is 9.16. The molecular weight excluding hydrogens is 250 g/mol. The number of rotatable bonds is 4. The van der Waals surface area contributed by atoms with Crippen molar-refractivity contribution in [3.63, 3.8) is 0 Å². The number of hydrazine groups is 1. The maximum absolute atomic E-state index is 11.6. The third-order valence-electron chi connectivity index (χ3n) is 2.19. The van der Waals surface area contributed by atoms with Crippen molar-refractivity contribution in [2.45, 2.75) is 0 Å². The Hall–Kier alpha value is -3.03. The molecule has 96 valence electrons. The summed E-state index contributed by atoms with van der Waals surface area (Å²) in [4.78, 5) is 29.1. The van der Waals surface area contributed by atoms with Gasteiger partial charge in [0.1, 0.15) is 12.0 Å². The highest BCUT2D eigenvalue weighted by molar-refractivity contribution is 5.94. The summed E-state index contributed by atoms with van der Waals surface area (Å²) < 4.78 is 0. The highest BCUT2D eigenvalue weighted by Crippen LogP contribution is 2.10. The molecule has 0 spiro atoms. The highest BCUT2D eigenvalue weighted by atomic mass is 16.6. The Morgan fingerprint density at radius 3 is 2.68 bits per heavy atom. The first-order valence-corrected chi connectivity index (χ1v) is 5.23. The maximum atomic E-state index is 11.6. The van der Waals surface area contributed by atoms with Crippen LogP contribution in [0.4, 0.5) is 11.5 Å². The van der Waals surface area contributed by atoms with Crippen molar-refractivity contribution in [2.75, 3.05) is 5.43 Å². The van der Waals surface area contributed by atoms with Gasteiger partial charge in [0, 0.05) is 18.5 Å². The lowest BCUT2D eigenvalue weighted by atomic mass is 10.3. The van der Waals surface area contributed by atoms with Crippen LogP contribution in [-0.4, -0.2) is 20.8 Å². The summed E-state index contributed by atoms with van der Waals surface area (Å²) in [5.74, 6) is -0.0870. The van der Waals surface area contributed by atoms with Crippen molar-refractivity contribution < 1.29 is 9.72 Å². The minimum Gasteiger partial charge on any atom is -0.282 e. The van der Waals surface area contributed by atoms with E-state index in [1.807, 2.05) is 0 Å². The lowest BCUT2D eigenvalue weighted by molar-refractivity contribution is -0.385. The lowest BCUT2D eigenvalue weighted by Gasteiger charge is -2.06. The van der Waals surface area contributed by atoms with Crippen LogP contribution < -0.4 is 10.9 Å². The van der Waals surface area contributed by atoms with E-state index in [4.69, 9.17) is 0 Å².